The van der Waals surface area contributed by atoms with Gasteiger partial charge in [-0.05, 0) is 38.0 Å². The molecule has 11 nitrogen and oxygen atoms in total. The average Bonchev–Trinajstić information content (AvgIpc) is 3.07. The third kappa shape index (κ3) is 12.1. The fourth-order valence-corrected chi connectivity index (χ4v) is 3.30. The second-order valence-electron chi connectivity index (χ2n) is 8.62. The zero-order chi connectivity index (χ0) is 25.5. The van der Waals surface area contributed by atoms with E-state index in [1.54, 1.807) is 0 Å². The Hall–Kier alpha value is -3.24. The quantitative estimate of drug-likeness (QED) is 0.174. The van der Waals surface area contributed by atoms with Gasteiger partial charge in [0, 0.05) is 51.0 Å². The van der Waals surface area contributed by atoms with E-state index in [0.717, 1.165) is 4.90 Å². The van der Waals surface area contributed by atoms with E-state index in [9.17, 15) is 28.8 Å². The summed E-state index contributed by atoms with van der Waals surface area (Å²) in [5.74, 6) is -2.33. The van der Waals surface area contributed by atoms with Gasteiger partial charge in [-0.25, -0.2) is 0 Å². The maximum atomic E-state index is 12.5. The number of hydrogen-bond donors (Lipinski definition) is 4. The topological polar surface area (TPSA) is 162 Å². The molecule has 1 heterocycles. The van der Waals surface area contributed by atoms with Gasteiger partial charge in [0.15, 0.2) is 0 Å². The van der Waals surface area contributed by atoms with Crippen LogP contribution in [-0.2, 0) is 28.8 Å². The molecular formula is C23H36N4O7. The largest absolute Gasteiger partial charge is 0.481 e. The molecule has 11 heteroatoms. The van der Waals surface area contributed by atoms with Crippen LogP contribution in [0.4, 0.5) is 0 Å². The van der Waals surface area contributed by atoms with Crippen molar-refractivity contribution in [1.29, 1.82) is 0 Å². The van der Waals surface area contributed by atoms with Gasteiger partial charge in [-0.1, -0.05) is 13.8 Å². The number of amides is 5. The molecule has 34 heavy (non-hydrogen) atoms. The minimum atomic E-state index is -0.955. The fourth-order valence-electron chi connectivity index (χ4n) is 3.30. The monoisotopic (exact) mass is 480 g/mol. The van der Waals surface area contributed by atoms with Crippen molar-refractivity contribution in [3.05, 3.63) is 12.2 Å². The summed E-state index contributed by atoms with van der Waals surface area (Å²) < 4.78 is 0. The first-order chi connectivity index (χ1) is 16.1. The van der Waals surface area contributed by atoms with Crippen LogP contribution >= 0.6 is 0 Å². The van der Waals surface area contributed by atoms with Crippen LogP contribution in [-0.4, -0.2) is 71.2 Å². The zero-order valence-corrected chi connectivity index (χ0v) is 19.9. The number of carbonyl (C=O) groups is 6. The Labute approximate surface area is 199 Å². The summed E-state index contributed by atoms with van der Waals surface area (Å²) in [6, 6.07) is -0.805. The normalized spacial score (nSPS) is 13.8. The van der Waals surface area contributed by atoms with Crippen LogP contribution in [0.2, 0.25) is 0 Å². The molecule has 1 aliphatic heterocycles. The van der Waals surface area contributed by atoms with Gasteiger partial charge in [0.2, 0.25) is 17.7 Å². The molecule has 0 aliphatic carbocycles. The SMILES string of the molecule is CC(C)CC(=O)NCCCC[C@H](NC(=O)CCCN1C(=O)C=CC1=O)C(=O)NCCCC(=O)O. The molecule has 5 amide bonds. The molecule has 0 unspecified atom stereocenters. The molecular weight excluding hydrogens is 444 g/mol. The highest BCUT2D eigenvalue weighted by Gasteiger charge is 2.24. The van der Waals surface area contributed by atoms with Crippen LogP contribution in [0.25, 0.3) is 0 Å². The van der Waals surface area contributed by atoms with E-state index >= 15 is 0 Å². The number of nitrogens with zero attached hydrogens (tertiary/aromatic N) is 1. The van der Waals surface area contributed by atoms with Gasteiger partial charge in [-0.3, -0.25) is 33.7 Å². The first-order valence-corrected chi connectivity index (χ1v) is 11.7. The maximum Gasteiger partial charge on any atom is 0.303 e. The Bertz CT molecular complexity index is 761. The van der Waals surface area contributed by atoms with Gasteiger partial charge in [0.1, 0.15) is 6.04 Å². The van der Waals surface area contributed by atoms with Gasteiger partial charge in [-0.2, -0.15) is 0 Å². The van der Waals surface area contributed by atoms with Gasteiger partial charge in [0.25, 0.3) is 11.8 Å². The first kappa shape index (κ1) is 28.8. The number of unbranched alkanes of at least 4 members (excludes halogenated alkanes) is 1. The second kappa shape index (κ2) is 15.6. The lowest BCUT2D eigenvalue weighted by atomic mass is 10.1. The number of rotatable bonds is 17. The Morgan fingerprint density at radius 2 is 1.53 bits per heavy atom. The van der Waals surface area contributed by atoms with Gasteiger partial charge < -0.3 is 21.1 Å². The summed E-state index contributed by atoms with van der Waals surface area (Å²) in [5.41, 5.74) is 0. The number of aliphatic carboxylic acids is 1. The van der Waals surface area contributed by atoms with Crippen molar-refractivity contribution in [3.8, 4) is 0 Å². The van der Waals surface area contributed by atoms with E-state index in [-0.39, 0.29) is 56.5 Å². The Kier molecular flexibility index (Phi) is 13.2. The number of imide groups is 1. The predicted octanol–water partition coefficient (Wildman–Crippen LogP) is 0.490. The summed E-state index contributed by atoms with van der Waals surface area (Å²) in [6.07, 6.45) is 4.87. The Morgan fingerprint density at radius 3 is 2.15 bits per heavy atom. The summed E-state index contributed by atoms with van der Waals surface area (Å²) in [4.78, 5) is 71.4. The van der Waals surface area contributed by atoms with Crippen LogP contribution in [0.1, 0.15) is 65.2 Å². The summed E-state index contributed by atoms with van der Waals surface area (Å²) in [6.45, 7) is 4.67. The van der Waals surface area contributed by atoms with E-state index < -0.39 is 29.7 Å². The van der Waals surface area contributed by atoms with Crippen molar-refractivity contribution in [2.24, 2.45) is 5.92 Å². The van der Waals surface area contributed by atoms with Gasteiger partial charge in [-0.15, -0.1) is 0 Å². The van der Waals surface area contributed by atoms with Crippen LogP contribution in [0.3, 0.4) is 0 Å². The molecule has 0 saturated carbocycles. The highest BCUT2D eigenvalue weighted by molar-refractivity contribution is 6.12. The predicted molar refractivity (Wildman–Crippen MR) is 123 cm³/mol. The smallest absolute Gasteiger partial charge is 0.303 e. The lowest BCUT2D eigenvalue weighted by molar-refractivity contribution is -0.138. The van der Waals surface area contributed by atoms with Crippen molar-refractivity contribution in [2.75, 3.05) is 19.6 Å². The van der Waals surface area contributed by atoms with E-state index in [0.29, 0.717) is 32.2 Å². The highest BCUT2D eigenvalue weighted by atomic mass is 16.4. The summed E-state index contributed by atoms with van der Waals surface area (Å²) >= 11 is 0. The molecule has 0 bridgehead atoms. The first-order valence-electron chi connectivity index (χ1n) is 11.7. The Balaban J connectivity index is 2.46. The third-order valence-corrected chi connectivity index (χ3v) is 5.04. The third-order valence-electron chi connectivity index (χ3n) is 5.04. The van der Waals surface area contributed by atoms with E-state index in [1.165, 1.54) is 12.2 Å². The molecule has 0 fully saturated rings. The highest BCUT2D eigenvalue weighted by Crippen LogP contribution is 2.07. The number of nitrogens with one attached hydrogen (secondary N) is 3. The minimum Gasteiger partial charge on any atom is -0.481 e. The summed E-state index contributed by atoms with van der Waals surface area (Å²) in [5, 5.41) is 16.9. The molecule has 0 radical (unpaired) electrons. The van der Waals surface area contributed by atoms with Gasteiger partial charge in [0.05, 0.1) is 0 Å². The van der Waals surface area contributed by atoms with Gasteiger partial charge >= 0.3 is 5.97 Å². The van der Waals surface area contributed by atoms with Crippen molar-refractivity contribution < 1.29 is 33.9 Å². The van der Waals surface area contributed by atoms with Crippen molar-refractivity contribution in [1.82, 2.24) is 20.9 Å². The van der Waals surface area contributed by atoms with Crippen LogP contribution in [0.5, 0.6) is 0 Å². The van der Waals surface area contributed by atoms with Crippen molar-refractivity contribution in [2.45, 2.75) is 71.3 Å². The lowest BCUT2D eigenvalue weighted by Gasteiger charge is -2.19. The number of hydrogen-bond acceptors (Lipinski definition) is 6. The standard InChI is InChI=1S/C23H36N4O7/c1-16(2)15-19(29)24-12-4-3-7-17(23(34)25-13-5-9-22(32)33)26-18(28)8-6-14-27-20(30)10-11-21(27)31/h10-11,16-17H,3-9,12-15H2,1-2H3,(H,24,29)(H,25,34)(H,26,28)(H,32,33)/t17-/m0/s1. The van der Waals surface area contributed by atoms with E-state index in [2.05, 4.69) is 16.0 Å². The maximum absolute atomic E-state index is 12.5. The lowest BCUT2D eigenvalue weighted by Crippen LogP contribution is -2.47. The molecule has 1 aliphatic rings. The average molecular weight is 481 g/mol. The van der Waals surface area contributed by atoms with Crippen molar-refractivity contribution >= 4 is 35.5 Å². The molecule has 0 aromatic carbocycles. The molecule has 1 atom stereocenters. The molecule has 0 aromatic rings. The number of carbonyl (C=O) groups excluding carboxylic acids is 5. The van der Waals surface area contributed by atoms with E-state index in [1.807, 2.05) is 13.8 Å². The summed E-state index contributed by atoms with van der Waals surface area (Å²) in [7, 11) is 0. The van der Waals surface area contributed by atoms with Crippen molar-refractivity contribution in [3.63, 3.8) is 0 Å². The minimum absolute atomic E-state index is 0.0267. The molecule has 190 valence electrons. The molecule has 0 spiro atoms. The number of carboxylic acid groups (broad SMARTS) is 1. The van der Waals surface area contributed by atoms with E-state index in [4.69, 9.17) is 5.11 Å². The molecule has 0 aromatic heterocycles. The molecule has 1 rings (SSSR count). The molecule has 0 saturated heterocycles. The number of carboxylic acids is 1. The second-order valence-corrected chi connectivity index (χ2v) is 8.62. The van der Waals surface area contributed by atoms with Crippen LogP contribution < -0.4 is 16.0 Å². The fraction of sp³-hybridized carbons (Fsp3) is 0.652. The Morgan fingerprint density at radius 1 is 0.882 bits per heavy atom. The molecule has 4 N–H and O–H groups in total. The van der Waals surface area contributed by atoms with Crippen LogP contribution in [0.15, 0.2) is 12.2 Å². The zero-order valence-electron chi connectivity index (χ0n) is 19.9. The van der Waals surface area contributed by atoms with Crippen LogP contribution in [0, 0.1) is 5.92 Å².